The molecular weight excluding hydrogens is 777 g/mol. The van der Waals surface area contributed by atoms with Crippen LogP contribution < -0.4 is 10.6 Å². The molecule has 0 saturated carbocycles. The Bertz CT molecular complexity index is 3230. The average Bonchev–Trinajstić information content (AvgIpc) is 3.71. The van der Waals surface area contributed by atoms with Crippen molar-refractivity contribution in [3.63, 3.8) is 0 Å². The van der Waals surface area contributed by atoms with Crippen molar-refractivity contribution in [1.82, 2.24) is 9.13 Å². The Labute approximate surface area is 377 Å². The minimum Gasteiger partial charge on any atom is -0.333 e. The Morgan fingerprint density at radius 3 is 2.48 bits per heavy atom. The van der Waals surface area contributed by atoms with Gasteiger partial charge in [-0.25, -0.2) is 0 Å². The summed E-state index contributed by atoms with van der Waals surface area (Å²) in [5.41, 5.74) is 12.6. The first-order valence-electron chi connectivity index (χ1n) is 23.4. The number of hydrogen-bond donors (Lipinski definition) is 1. The number of nitrogens with zero attached hydrogens (tertiary/aromatic N) is 3. The van der Waals surface area contributed by atoms with E-state index in [1.54, 1.807) is 0 Å². The first-order valence-corrected chi connectivity index (χ1v) is 23.4. The Morgan fingerprint density at radius 1 is 0.875 bits per heavy atom. The van der Waals surface area contributed by atoms with Gasteiger partial charge in [-0.2, -0.15) is 0 Å². The molecule has 4 nitrogen and oxygen atoms in total. The van der Waals surface area contributed by atoms with Gasteiger partial charge in [-0.05, 0) is 110 Å². The second kappa shape index (κ2) is 17.8. The molecule has 0 spiro atoms. The minimum absolute atomic E-state index is 0.142. The standard InChI is InChI=1S/C60H58N4/c1-5-18-43(6-2)55(62-41(4)36-42-19-9-7-10-20-42)39-54(61)45-29-32-48(33-30-45)63-56-27-16-15-26-50(56)52-37-46(22-17-28-57(52)63)51-38-53-59(35-40(51)3)64(47-23-11-8-12-24-47)58-34-31-44-21-13-14-25-49(44)60(53)58/h5-9,11-19,21-23,25-27,29-35,37-38,40-41,47,51,61H,10,20,24,28,36,39H2,1-4H3/b18-5?,43-6+,61-54?,62-55?. The van der Waals surface area contributed by atoms with Crippen molar-refractivity contribution in [2.24, 2.45) is 16.8 Å². The molecule has 2 aromatic heterocycles. The third-order valence-electron chi connectivity index (χ3n) is 13.8. The van der Waals surface area contributed by atoms with E-state index in [0.717, 1.165) is 54.6 Å². The molecule has 0 amide bonds. The maximum atomic E-state index is 9.34. The summed E-state index contributed by atoms with van der Waals surface area (Å²) in [6.07, 6.45) is 39.8. The van der Waals surface area contributed by atoms with Gasteiger partial charge in [0.15, 0.2) is 0 Å². The molecule has 4 aliphatic rings. The number of benzene rings is 4. The van der Waals surface area contributed by atoms with Crippen LogP contribution >= 0.6 is 0 Å². The van der Waals surface area contributed by atoms with Crippen LogP contribution in [0.1, 0.15) is 82.7 Å². The fourth-order valence-corrected chi connectivity index (χ4v) is 10.7. The lowest BCUT2D eigenvalue weighted by atomic mass is 9.82. The Hall–Kier alpha value is -6.78. The van der Waals surface area contributed by atoms with Crippen LogP contribution in [0.25, 0.3) is 56.5 Å². The van der Waals surface area contributed by atoms with Crippen LogP contribution in [0.2, 0.25) is 0 Å². The first kappa shape index (κ1) is 41.2. The van der Waals surface area contributed by atoms with Gasteiger partial charge < -0.3 is 14.5 Å². The van der Waals surface area contributed by atoms with Gasteiger partial charge in [0.25, 0.3) is 0 Å². The zero-order valence-corrected chi connectivity index (χ0v) is 37.6. The Balaban J connectivity index is 1.00. The number of nitrogens with one attached hydrogen (secondary N) is 1. The highest BCUT2D eigenvalue weighted by Crippen LogP contribution is 2.38. The molecule has 0 aliphatic heterocycles. The summed E-state index contributed by atoms with van der Waals surface area (Å²) in [5.74, 6) is 0.525. The predicted molar refractivity (Wildman–Crippen MR) is 274 cm³/mol. The first-order chi connectivity index (χ1) is 31.4. The molecular formula is C60H58N4. The lowest BCUT2D eigenvalue weighted by Gasteiger charge is -2.24. The van der Waals surface area contributed by atoms with Gasteiger partial charge in [0, 0.05) is 68.5 Å². The smallest absolute Gasteiger partial charge is 0.0560 e. The number of fused-ring (bicyclic) bond motifs is 8. The average molecular weight is 835 g/mol. The van der Waals surface area contributed by atoms with E-state index in [9.17, 15) is 5.41 Å². The van der Waals surface area contributed by atoms with E-state index in [0.29, 0.717) is 18.1 Å². The normalized spacial score (nSPS) is 20.2. The number of aliphatic imine (C=N–C) groups is 1. The number of hydrogen-bond acceptors (Lipinski definition) is 2. The molecule has 0 bridgehead atoms. The summed E-state index contributed by atoms with van der Waals surface area (Å²) in [5, 5.41) is 17.3. The second-order valence-electron chi connectivity index (χ2n) is 18.0. The second-order valence-corrected chi connectivity index (χ2v) is 18.0. The molecule has 6 aromatic rings. The minimum atomic E-state index is 0.142. The van der Waals surface area contributed by atoms with Gasteiger partial charge in [0.1, 0.15) is 0 Å². The van der Waals surface area contributed by atoms with Crippen LogP contribution in [0.5, 0.6) is 0 Å². The fourth-order valence-electron chi connectivity index (χ4n) is 10.7. The summed E-state index contributed by atoms with van der Waals surface area (Å²) >= 11 is 0. The van der Waals surface area contributed by atoms with E-state index in [1.807, 2.05) is 6.92 Å². The quantitative estimate of drug-likeness (QED) is 0.0998. The third kappa shape index (κ3) is 7.70. The summed E-state index contributed by atoms with van der Waals surface area (Å²) in [7, 11) is 0. The van der Waals surface area contributed by atoms with Crippen LogP contribution in [0.4, 0.5) is 0 Å². The van der Waals surface area contributed by atoms with Gasteiger partial charge in [0.05, 0.1) is 23.1 Å². The van der Waals surface area contributed by atoms with Crippen molar-refractivity contribution in [3.8, 4) is 5.69 Å². The van der Waals surface area contributed by atoms with E-state index in [4.69, 9.17) is 4.99 Å². The van der Waals surface area contributed by atoms with Gasteiger partial charge in [-0.1, -0.05) is 158 Å². The summed E-state index contributed by atoms with van der Waals surface area (Å²) in [6, 6.07) is 31.5. The maximum Gasteiger partial charge on any atom is 0.0560 e. The molecule has 4 unspecified atom stereocenters. The van der Waals surface area contributed by atoms with Crippen molar-refractivity contribution >= 4 is 62.2 Å². The molecule has 4 heteroatoms. The Kier molecular flexibility index (Phi) is 11.5. The third-order valence-corrected chi connectivity index (χ3v) is 13.8. The van der Waals surface area contributed by atoms with E-state index in [-0.39, 0.29) is 18.0 Å². The summed E-state index contributed by atoms with van der Waals surface area (Å²) < 4.78 is 5.04. The Morgan fingerprint density at radius 2 is 1.70 bits per heavy atom. The monoisotopic (exact) mass is 834 g/mol. The zero-order valence-electron chi connectivity index (χ0n) is 37.6. The highest BCUT2D eigenvalue weighted by Gasteiger charge is 2.27. The molecule has 4 aliphatic carbocycles. The van der Waals surface area contributed by atoms with Gasteiger partial charge >= 0.3 is 0 Å². The number of para-hydroxylation sites is 1. The largest absolute Gasteiger partial charge is 0.333 e. The van der Waals surface area contributed by atoms with Gasteiger partial charge in [-0.15, -0.1) is 0 Å². The number of aromatic nitrogens is 2. The lowest BCUT2D eigenvalue weighted by molar-refractivity contribution is 0.594. The van der Waals surface area contributed by atoms with Crippen LogP contribution in [-0.4, -0.2) is 26.6 Å². The molecule has 0 fully saturated rings. The molecule has 10 rings (SSSR count). The van der Waals surface area contributed by atoms with Gasteiger partial charge in [-0.3, -0.25) is 4.99 Å². The molecule has 0 radical (unpaired) electrons. The van der Waals surface area contributed by atoms with Crippen molar-refractivity contribution in [2.75, 3.05) is 0 Å². The molecule has 1 N–H and O–H groups in total. The molecule has 0 saturated heterocycles. The van der Waals surface area contributed by atoms with E-state index in [2.05, 4.69) is 206 Å². The van der Waals surface area contributed by atoms with Crippen LogP contribution in [0.15, 0.2) is 180 Å². The number of allylic oxidation sites excluding steroid dienone is 14. The maximum absolute atomic E-state index is 9.34. The van der Waals surface area contributed by atoms with Crippen molar-refractivity contribution < 1.29 is 0 Å². The lowest BCUT2D eigenvalue weighted by Crippen LogP contribution is -2.37. The van der Waals surface area contributed by atoms with Crippen LogP contribution in [-0.2, 0) is 6.42 Å². The summed E-state index contributed by atoms with van der Waals surface area (Å²) in [6.45, 7) is 8.71. The van der Waals surface area contributed by atoms with Crippen molar-refractivity contribution in [2.45, 2.75) is 78.3 Å². The van der Waals surface area contributed by atoms with E-state index in [1.165, 1.54) is 65.5 Å². The highest BCUT2D eigenvalue weighted by atomic mass is 15.0. The van der Waals surface area contributed by atoms with Crippen LogP contribution in [0, 0.1) is 17.2 Å². The van der Waals surface area contributed by atoms with Crippen molar-refractivity contribution in [3.05, 3.63) is 202 Å². The molecule has 64 heavy (non-hydrogen) atoms. The zero-order chi connectivity index (χ0) is 43.7. The van der Waals surface area contributed by atoms with E-state index < -0.39 is 0 Å². The molecule has 318 valence electrons. The van der Waals surface area contributed by atoms with Gasteiger partial charge in [0.2, 0.25) is 0 Å². The molecule has 2 heterocycles. The van der Waals surface area contributed by atoms with Crippen molar-refractivity contribution in [1.29, 1.82) is 5.41 Å². The fraction of sp³-hybridized carbons (Fsp3) is 0.233. The number of rotatable bonds is 11. The molecule has 4 atom stereocenters. The SMILES string of the molecule is CC=C/C(=C\C)C(CC(=N)c1ccc(-n2c3c(c4ccccc42)C=C(C2C=c4c(n(C5C=CC=CC5)c5ccc6ccccc6c45)=CC2C)C=CC3)cc1)=NC(C)CC1=CC=CCC1. The molecule has 4 aromatic carbocycles. The van der Waals surface area contributed by atoms with Crippen LogP contribution in [0.3, 0.4) is 0 Å². The summed E-state index contributed by atoms with van der Waals surface area (Å²) in [4.78, 5) is 5.24. The van der Waals surface area contributed by atoms with E-state index >= 15 is 0 Å². The topological polar surface area (TPSA) is 46.1 Å². The highest BCUT2D eigenvalue weighted by molar-refractivity contribution is 6.17. The predicted octanol–water partition coefficient (Wildman–Crippen LogP) is 13.6.